The molecule has 3 nitrogen and oxygen atoms in total. The Morgan fingerprint density at radius 1 is 1.25 bits per heavy atom. The lowest BCUT2D eigenvalue weighted by molar-refractivity contribution is 0.841. The van der Waals surface area contributed by atoms with Gasteiger partial charge in [-0.2, -0.15) is 5.10 Å². The van der Waals surface area contributed by atoms with Crippen LogP contribution in [0.3, 0.4) is 0 Å². The van der Waals surface area contributed by atoms with Gasteiger partial charge >= 0.3 is 0 Å². The van der Waals surface area contributed by atoms with E-state index in [1.807, 2.05) is 24.4 Å². The van der Waals surface area contributed by atoms with E-state index in [9.17, 15) is 0 Å². The van der Waals surface area contributed by atoms with Crippen molar-refractivity contribution >= 4 is 22.6 Å². The van der Waals surface area contributed by atoms with E-state index in [2.05, 4.69) is 32.7 Å². The largest absolute Gasteiger partial charge is 0.236 e. The van der Waals surface area contributed by atoms with E-state index < -0.39 is 0 Å². The van der Waals surface area contributed by atoms with Crippen LogP contribution < -0.4 is 0 Å². The fraction of sp³-hybridized carbons (Fsp3) is 0. The number of halogens is 1. The van der Waals surface area contributed by atoms with Gasteiger partial charge in [-0.3, -0.25) is 0 Å². The lowest BCUT2D eigenvalue weighted by atomic mass is 10.5. The van der Waals surface area contributed by atoms with Gasteiger partial charge < -0.3 is 0 Å². The molecule has 2 aromatic heterocycles. The fourth-order valence-corrected chi connectivity index (χ4v) is 1.53. The van der Waals surface area contributed by atoms with E-state index >= 15 is 0 Å². The standard InChI is InChI=1S/C8H6IN3/c9-7-3-1-4-10-8(7)12-6-2-5-11-12/h1-6H. The molecule has 0 spiro atoms. The van der Waals surface area contributed by atoms with Crippen molar-refractivity contribution in [1.29, 1.82) is 0 Å². The van der Waals surface area contributed by atoms with E-state index in [0.29, 0.717) is 0 Å². The Hall–Kier alpha value is -0.910. The first-order valence-electron chi connectivity index (χ1n) is 3.48. The summed E-state index contributed by atoms with van der Waals surface area (Å²) < 4.78 is 2.85. The molecule has 0 amide bonds. The van der Waals surface area contributed by atoms with Crippen LogP contribution in [0, 0.1) is 3.57 Å². The van der Waals surface area contributed by atoms with Gasteiger partial charge in [0, 0.05) is 18.6 Å². The van der Waals surface area contributed by atoms with Gasteiger partial charge in [0.25, 0.3) is 0 Å². The van der Waals surface area contributed by atoms with Crippen LogP contribution in [0.4, 0.5) is 0 Å². The minimum Gasteiger partial charge on any atom is -0.236 e. The van der Waals surface area contributed by atoms with Gasteiger partial charge in [0.2, 0.25) is 0 Å². The first kappa shape index (κ1) is 7.72. The van der Waals surface area contributed by atoms with Crippen molar-refractivity contribution in [3.05, 3.63) is 40.4 Å². The Morgan fingerprint density at radius 2 is 2.17 bits per heavy atom. The molecule has 0 aliphatic heterocycles. The second-order valence-corrected chi connectivity index (χ2v) is 3.42. The van der Waals surface area contributed by atoms with Crippen molar-refractivity contribution in [1.82, 2.24) is 14.8 Å². The molecule has 2 rings (SSSR count). The van der Waals surface area contributed by atoms with Crippen LogP contribution in [0.1, 0.15) is 0 Å². The Bertz CT molecular complexity index is 370. The van der Waals surface area contributed by atoms with E-state index in [0.717, 1.165) is 9.39 Å². The summed E-state index contributed by atoms with van der Waals surface area (Å²) in [6.07, 6.45) is 5.38. The van der Waals surface area contributed by atoms with E-state index in [1.54, 1.807) is 17.1 Å². The molecule has 0 atom stereocenters. The average Bonchev–Trinajstić information content (AvgIpc) is 2.57. The van der Waals surface area contributed by atoms with Crippen LogP contribution in [0.25, 0.3) is 5.82 Å². The summed E-state index contributed by atoms with van der Waals surface area (Å²) in [5.41, 5.74) is 0. The van der Waals surface area contributed by atoms with Crippen LogP contribution in [0.2, 0.25) is 0 Å². The maximum absolute atomic E-state index is 4.21. The number of hydrogen-bond acceptors (Lipinski definition) is 2. The van der Waals surface area contributed by atoms with Crippen molar-refractivity contribution in [3.63, 3.8) is 0 Å². The van der Waals surface area contributed by atoms with Gasteiger partial charge in [0.15, 0.2) is 5.82 Å². The minimum atomic E-state index is 0.878. The highest BCUT2D eigenvalue weighted by atomic mass is 127. The molecule has 0 aliphatic carbocycles. The maximum atomic E-state index is 4.21. The fourth-order valence-electron chi connectivity index (χ4n) is 0.940. The van der Waals surface area contributed by atoms with E-state index in [4.69, 9.17) is 0 Å². The Morgan fingerprint density at radius 3 is 2.83 bits per heavy atom. The predicted octanol–water partition coefficient (Wildman–Crippen LogP) is 1.87. The molecule has 0 radical (unpaired) electrons. The average molecular weight is 271 g/mol. The van der Waals surface area contributed by atoms with Crippen molar-refractivity contribution in [3.8, 4) is 5.82 Å². The van der Waals surface area contributed by atoms with Gasteiger partial charge in [0.05, 0.1) is 3.57 Å². The molecule has 2 aromatic rings. The van der Waals surface area contributed by atoms with Gasteiger partial charge in [-0.15, -0.1) is 0 Å². The van der Waals surface area contributed by atoms with Crippen molar-refractivity contribution in [2.45, 2.75) is 0 Å². The molecule has 0 bridgehead atoms. The van der Waals surface area contributed by atoms with Gasteiger partial charge in [-0.25, -0.2) is 9.67 Å². The van der Waals surface area contributed by atoms with Crippen molar-refractivity contribution in [2.24, 2.45) is 0 Å². The first-order valence-corrected chi connectivity index (χ1v) is 4.56. The molecular weight excluding hydrogens is 265 g/mol. The van der Waals surface area contributed by atoms with E-state index in [-0.39, 0.29) is 0 Å². The zero-order chi connectivity index (χ0) is 8.39. The molecule has 0 saturated carbocycles. The third-order valence-electron chi connectivity index (χ3n) is 1.46. The predicted molar refractivity (Wildman–Crippen MR) is 54.1 cm³/mol. The van der Waals surface area contributed by atoms with Crippen molar-refractivity contribution in [2.75, 3.05) is 0 Å². The second kappa shape index (κ2) is 3.22. The van der Waals surface area contributed by atoms with Gasteiger partial charge in [-0.05, 0) is 40.8 Å². The number of hydrogen-bond donors (Lipinski definition) is 0. The van der Waals surface area contributed by atoms with Crippen LogP contribution >= 0.6 is 22.6 Å². The highest BCUT2D eigenvalue weighted by Crippen LogP contribution is 2.11. The Kier molecular flexibility index (Phi) is 2.07. The molecule has 4 heteroatoms. The Balaban J connectivity index is 2.55. The van der Waals surface area contributed by atoms with Gasteiger partial charge in [-0.1, -0.05) is 0 Å². The Labute approximate surface area is 83.6 Å². The maximum Gasteiger partial charge on any atom is 0.166 e. The summed E-state index contributed by atoms with van der Waals surface area (Å²) in [7, 11) is 0. The quantitative estimate of drug-likeness (QED) is 0.741. The number of nitrogens with zero attached hydrogens (tertiary/aromatic N) is 3. The van der Waals surface area contributed by atoms with Gasteiger partial charge in [0.1, 0.15) is 0 Å². The summed E-state index contributed by atoms with van der Waals surface area (Å²) in [5.74, 6) is 0.878. The molecule has 2 heterocycles. The lowest BCUT2D eigenvalue weighted by Crippen LogP contribution is -1.99. The monoisotopic (exact) mass is 271 g/mol. The summed E-state index contributed by atoms with van der Waals surface area (Å²) >= 11 is 2.24. The van der Waals surface area contributed by atoms with Crippen molar-refractivity contribution < 1.29 is 0 Å². The molecular formula is C8H6IN3. The number of pyridine rings is 1. The molecule has 0 aliphatic rings. The molecule has 0 unspecified atom stereocenters. The SMILES string of the molecule is Ic1cccnc1-n1cccn1. The zero-order valence-corrected chi connectivity index (χ0v) is 8.34. The van der Waals surface area contributed by atoms with E-state index in [1.165, 1.54) is 0 Å². The molecule has 0 aromatic carbocycles. The topological polar surface area (TPSA) is 30.7 Å². The molecule has 0 fully saturated rings. The first-order chi connectivity index (χ1) is 5.88. The molecule has 0 N–H and O–H groups in total. The molecule has 12 heavy (non-hydrogen) atoms. The second-order valence-electron chi connectivity index (χ2n) is 2.26. The van der Waals surface area contributed by atoms with Crippen LogP contribution in [-0.4, -0.2) is 14.8 Å². The highest BCUT2D eigenvalue weighted by Gasteiger charge is 2.00. The summed E-state index contributed by atoms with van der Waals surface area (Å²) in [4.78, 5) is 4.21. The van der Waals surface area contributed by atoms with Crippen LogP contribution in [0.5, 0.6) is 0 Å². The smallest absolute Gasteiger partial charge is 0.166 e. The third kappa shape index (κ3) is 1.34. The normalized spacial score (nSPS) is 10.1. The zero-order valence-electron chi connectivity index (χ0n) is 6.18. The molecule has 0 saturated heterocycles. The number of aromatic nitrogens is 3. The summed E-state index contributed by atoms with van der Waals surface area (Å²) in [6, 6.07) is 5.80. The lowest BCUT2D eigenvalue weighted by Gasteiger charge is -2.00. The summed E-state index contributed by atoms with van der Waals surface area (Å²) in [6.45, 7) is 0. The van der Waals surface area contributed by atoms with Crippen LogP contribution in [0.15, 0.2) is 36.8 Å². The summed E-state index contributed by atoms with van der Waals surface area (Å²) in [5, 5.41) is 4.10. The number of rotatable bonds is 1. The minimum absolute atomic E-state index is 0.878. The molecule has 60 valence electrons. The van der Waals surface area contributed by atoms with Crippen LogP contribution in [-0.2, 0) is 0 Å². The third-order valence-corrected chi connectivity index (χ3v) is 2.30. The highest BCUT2D eigenvalue weighted by molar-refractivity contribution is 14.1.